The minimum Gasteiger partial charge on any atom is -0.207 e. The molecule has 0 aliphatic carbocycles. The lowest BCUT2D eigenvalue weighted by molar-refractivity contribution is 0.656. The smallest absolute Gasteiger partial charge is 0.126 e. The first kappa shape index (κ1) is 12.4. The second kappa shape index (κ2) is 5.98. The highest BCUT2D eigenvalue weighted by molar-refractivity contribution is 6.32. The molecule has 0 fully saturated rings. The predicted molar refractivity (Wildman–Crippen MR) is 57.4 cm³/mol. The number of hydrogen-bond donors (Lipinski definition) is 0. The summed E-state index contributed by atoms with van der Waals surface area (Å²) in [6.07, 6.45) is 4.03. The zero-order valence-electron chi connectivity index (χ0n) is 8.40. The van der Waals surface area contributed by atoms with Crippen LogP contribution in [0.5, 0.6) is 0 Å². The minimum atomic E-state index is -0.357. The molecule has 0 aromatic carbocycles. The van der Waals surface area contributed by atoms with Crippen molar-refractivity contribution in [2.75, 3.05) is 0 Å². The summed E-state index contributed by atoms with van der Waals surface area (Å²) >= 11 is 5.89. The summed E-state index contributed by atoms with van der Waals surface area (Å²) in [6, 6.07) is 0. The zero-order valence-corrected chi connectivity index (χ0v) is 9.16. The fourth-order valence-corrected chi connectivity index (χ4v) is 1.07. The summed E-state index contributed by atoms with van der Waals surface area (Å²) in [4.78, 5) is 0. The van der Waals surface area contributed by atoms with Gasteiger partial charge in [0.2, 0.25) is 0 Å². The van der Waals surface area contributed by atoms with Gasteiger partial charge < -0.3 is 0 Å². The second-order valence-corrected chi connectivity index (χ2v) is 3.48. The highest BCUT2D eigenvalue weighted by atomic mass is 35.5. The highest BCUT2D eigenvalue weighted by Crippen LogP contribution is 2.22. The summed E-state index contributed by atoms with van der Waals surface area (Å²) in [7, 11) is 0. The van der Waals surface area contributed by atoms with Crippen molar-refractivity contribution in [3.63, 3.8) is 0 Å². The fraction of sp³-hybridized carbons (Fsp3) is 0.455. The Hall–Kier alpha value is -0.560. The molecule has 0 aromatic rings. The second-order valence-electron chi connectivity index (χ2n) is 3.08. The van der Waals surface area contributed by atoms with Crippen molar-refractivity contribution in [2.24, 2.45) is 5.92 Å². The first-order chi connectivity index (χ1) is 6.02. The number of halogens is 2. The standard InChI is InChI=1S/C11H16ClF/c1-5-8(3)7-10(12)9(4)11(13)6-2/h6-8H,2,5H2,1,3-4H3. The molecule has 0 nitrogen and oxygen atoms in total. The maximum Gasteiger partial charge on any atom is 0.126 e. The Kier molecular flexibility index (Phi) is 5.72. The Morgan fingerprint density at radius 2 is 2.15 bits per heavy atom. The first-order valence-corrected chi connectivity index (χ1v) is 4.77. The van der Waals surface area contributed by atoms with Crippen molar-refractivity contribution in [3.05, 3.63) is 35.2 Å². The molecular weight excluding hydrogens is 187 g/mol. The van der Waals surface area contributed by atoms with Crippen LogP contribution in [-0.4, -0.2) is 0 Å². The van der Waals surface area contributed by atoms with Crippen molar-refractivity contribution >= 4 is 11.6 Å². The molecule has 1 atom stereocenters. The molecule has 0 N–H and O–H groups in total. The van der Waals surface area contributed by atoms with Gasteiger partial charge in [0.15, 0.2) is 0 Å². The molecule has 0 aromatic heterocycles. The average molecular weight is 203 g/mol. The van der Waals surface area contributed by atoms with Crippen LogP contribution in [0.2, 0.25) is 0 Å². The monoisotopic (exact) mass is 202 g/mol. The van der Waals surface area contributed by atoms with Crippen molar-refractivity contribution in [2.45, 2.75) is 27.2 Å². The quantitative estimate of drug-likeness (QED) is 0.586. The minimum absolute atomic E-state index is 0.357. The largest absolute Gasteiger partial charge is 0.207 e. The van der Waals surface area contributed by atoms with E-state index in [1.165, 1.54) is 6.08 Å². The van der Waals surface area contributed by atoms with Crippen LogP contribution in [0, 0.1) is 5.92 Å². The third-order valence-electron chi connectivity index (χ3n) is 1.97. The normalized spacial score (nSPS) is 16.5. The molecule has 0 heterocycles. The lowest BCUT2D eigenvalue weighted by Crippen LogP contribution is -1.88. The molecule has 0 bridgehead atoms. The lowest BCUT2D eigenvalue weighted by atomic mass is 10.1. The third kappa shape index (κ3) is 4.28. The molecule has 13 heavy (non-hydrogen) atoms. The lowest BCUT2D eigenvalue weighted by Gasteiger charge is -2.04. The molecule has 1 unspecified atom stereocenters. The van der Waals surface area contributed by atoms with Gasteiger partial charge in [-0.05, 0) is 18.9 Å². The van der Waals surface area contributed by atoms with Crippen LogP contribution in [0.3, 0.4) is 0 Å². The molecule has 0 aliphatic rings. The van der Waals surface area contributed by atoms with Gasteiger partial charge >= 0.3 is 0 Å². The van der Waals surface area contributed by atoms with Crippen LogP contribution in [0.1, 0.15) is 27.2 Å². The van der Waals surface area contributed by atoms with Crippen LogP contribution in [0.4, 0.5) is 4.39 Å². The topological polar surface area (TPSA) is 0 Å². The maximum absolute atomic E-state index is 13.0. The predicted octanol–water partition coefficient (Wildman–Crippen LogP) is 4.58. The molecule has 0 spiro atoms. The van der Waals surface area contributed by atoms with Gasteiger partial charge in [-0.2, -0.15) is 0 Å². The van der Waals surface area contributed by atoms with Crippen molar-refractivity contribution < 1.29 is 4.39 Å². The van der Waals surface area contributed by atoms with Gasteiger partial charge in [-0.3, -0.25) is 0 Å². The Morgan fingerprint density at radius 3 is 2.54 bits per heavy atom. The van der Waals surface area contributed by atoms with E-state index >= 15 is 0 Å². The summed E-state index contributed by atoms with van der Waals surface area (Å²) in [5.74, 6) is 0.0182. The van der Waals surface area contributed by atoms with Gasteiger partial charge in [0.1, 0.15) is 5.83 Å². The molecule has 0 rings (SSSR count). The number of allylic oxidation sites excluding steroid dienone is 5. The molecule has 0 amide bonds. The van der Waals surface area contributed by atoms with E-state index in [2.05, 4.69) is 13.5 Å². The highest BCUT2D eigenvalue weighted by Gasteiger charge is 2.03. The van der Waals surface area contributed by atoms with E-state index in [-0.39, 0.29) is 5.83 Å². The zero-order chi connectivity index (χ0) is 10.4. The molecule has 0 saturated carbocycles. The van der Waals surface area contributed by atoms with E-state index in [1.807, 2.05) is 13.0 Å². The summed E-state index contributed by atoms with van der Waals surface area (Å²) in [5.41, 5.74) is 0.456. The van der Waals surface area contributed by atoms with Crippen LogP contribution in [0.25, 0.3) is 0 Å². The van der Waals surface area contributed by atoms with Crippen LogP contribution in [0.15, 0.2) is 35.2 Å². The molecule has 0 radical (unpaired) electrons. The summed E-state index contributed by atoms with van der Waals surface area (Å²) in [5, 5.41) is 0.478. The molecule has 74 valence electrons. The molecular formula is C11H16ClF. The van der Waals surface area contributed by atoms with Crippen molar-refractivity contribution in [1.29, 1.82) is 0 Å². The number of hydrogen-bond acceptors (Lipinski definition) is 0. The van der Waals surface area contributed by atoms with Crippen LogP contribution in [-0.2, 0) is 0 Å². The molecule has 0 aliphatic heterocycles. The molecule has 0 saturated heterocycles. The van der Waals surface area contributed by atoms with Crippen LogP contribution < -0.4 is 0 Å². The maximum atomic E-state index is 13.0. The van der Waals surface area contributed by atoms with Gasteiger partial charge in [0, 0.05) is 10.6 Å². The van der Waals surface area contributed by atoms with E-state index in [0.29, 0.717) is 16.5 Å². The fourth-order valence-electron chi connectivity index (χ4n) is 0.760. The Labute approximate surface area is 84.8 Å². The summed E-state index contributed by atoms with van der Waals surface area (Å²) in [6.45, 7) is 9.10. The first-order valence-electron chi connectivity index (χ1n) is 4.39. The van der Waals surface area contributed by atoms with Crippen molar-refractivity contribution in [3.8, 4) is 0 Å². The summed E-state index contributed by atoms with van der Waals surface area (Å²) < 4.78 is 13.0. The van der Waals surface area contributed by atoms with E-state index in [4.69, 9.17) is 11.6 Å². The third-order valence-corrected chi connectivity index (χ3v) is 2.38. The van der Waals surface area contributed by atoms with Gasteiger partial charge in [-0.15, -0.1) is 0 Å². The Balaban J connectivity index is 4.68. The van der Waals surface area contributed by atoms with Gasteiger partial charge in [-0.25, -0.2) is 4.39 Å². The molecule has 2 heteroatoms. The van der Waals surface area contributed by atoms with E-state index in [1.54, 1.807) is 6.92 Å². The van der Waals surface area contributed by atoms with Crippen LogP contribution >= 0.6 is 11.6 Å². The van der Waals surface area contributed by atoms with Gasteiger partial charge in [0.25, 0.3) is 0 Å². The Morgan fingerprint density at radius 1 is 1.62 bits per heavy atom. The van der Waals surface area contributed by atoms with Crippen molar-refractivity contribution in [1.82, 2.24) is 0 Å². The SMILES string of the molecule is C=CC(F)=C(C)C(Cl)=CC(C)CC. The van der Waals surface area contributed by atoms with Gasteiger partial charge in [0.05, 0.1) is 0 Å². The van der Waals surface area contributed by atoms with E-state index < -0.39 is 0 Å². The van der Waals surface area contributed by atoms with E-state index in [9.17, 15) is 4.39 Å². The Bertz CT molecular complexity index is 238. The number of rotatable bonds is 4. The van der Waals surface area contributed by atoms with E-state index in [0.717, 1.165) is 6.42 Å². The average Bonchev–Trinajstić information content (AvgIpc) is 2.14. The van der Waals surface area contributed by atoms with Gasteiger partial charge in [-0.1, -0.05) is 44.5 Å².